The number of cyclic esters (lactones) is 1. The van der Waals surface area contributed by atoms with Crippen molar-refractivity contribution < 1.29 is 37.4 Å². The van der Waals surface area contributed by atoms with Gasteiger partial charge in [0.15, 0.2) is 12.4 Å². The lowest BCUT2D eigenvalue weighted by Crippen LogP contribution is -2.42. The standard InChI is InChI=1S/C32H45F2N7O6Si/c1-19(39(2)3)30(43)37-21-12-24-23(25(33)13-21)11-20(28(24)34)14-35-8-7-22-16-40(32(44)47-22)26-15-36-31-29(38-26)41(27(42)17-46-31)18-45-9-10-48(4,5)6/h12-13,15,19-20,22,28,35H,7-11,14,16-18H2,1-6H3,(H,37,43)/t19?,20?,22-,28?/m1/s1. The molecule has 3 aliphatic rings. The molecule has 0 saturated carbocycles. The van der Waals surface area contributed by atoms with Gasteiger partial charge in [-0.3, -0.25) is 24.3 Å². The lowest BCUT2D eigenvalue weighted by molar-refractivity contribution is -0.122. The van der Waals surface area contributed by atoms with E-state index >= 15 is 4.39 Å². The molecule has 0 bridgehead atoms. The summed E-state index contributed by atoms with van der Waals surface area (Å²) in [7, 11) is 2.22. The normalized spacial score (nSPS) is 21.2. The number of halogens is 2. The van der Waals surface area contributed by atoms with Gasteiger partial charge in [0, 0.05) is 32.8 Å². The highest BCUT2D eigenvalue weighted by Gasteiger charge is 2.37. The van der Waals surface area contributed by atoms with Crippen LogP contribution in [0.15, 0.2) is 18.3 Å². The van der Waals surface area contributed by atoms with Crippen LogP contribution < -0.4 is 25.2 Å². The van der Waals surface area contributed by atoms with Crippen LogP contribution in [-0.4, -0.2) is 107 Å². The Kier molecular flexibility index (Phi) is 11.0. The fraction of sp³-hybridized carbons (Fsp3) is 0.594. The minimum Gasteiger partial charge on any atom is -0.465 e. The summed E-state index contributed by atoms with van der Waals surface area (Å²) in [6, 6.07) is 3.26. The summed E-state index contributed by atoms with van der Waals surface area (Å²) in [5.74, 6) is -1.07. The second-order valence-corrected chi connectivity index (χ2v) is 19.6. The SMILES string of the molecule is CC(C(=O)Nc1cc(F)c2c(c1)C(F)C(CNCC[C@@H]1CN(c3cnc4c(n3)N(COCC[Si](C)(C)C)C(=O)CO4)C(=O)O1)C2)N(C)C. The van der Waals surface area contributed by atoms with Gasteiger partial charge in [-0.1, -0.05) is 19.6 Å². The molecule has 0 spiro atoms. The van der Waals surface area contributed by atoms with E-state index in [0.717, 1.165) is 6.04 Å². The molecule has 4 atom stereocenters. The molecule has 1 saturated heterocycles. The van der Waals surface area contributed by atoms with E-state index < -0.39 is 44.2 Å². The number of benzene rings is 1. The van der Waals surface area contributed by atoms with Crippen LogP contribution in [0, 0.1) is 11.7 Å². The Morgan fingerprint density at radius 3 is 2.75 bits per heavy atom. The summed E-state index contributed by atoms with van der Waals surface area (Å²) in [4.78, 5) is 51.1. The fourth-order valence-corrected chi connectivity index (χ4v) is 6.39. The lowest BCUT2D eigenvalue weighted by atomic mass is 10.0. The van der Waals surface area contributed by atoms with Crippen molar-refractivity contribution in [3.05, 3.63) is 35.3 Å². The van der Waals surface area contributed by atoms with E-state index in [-0.39, 0.29) is 66.9 Å². The molecular formula is C32H45F2N7O6Si. The molecule has 48 heavy (non-hydrogen) atoms. The molecule has 1 aromatic carbocycles. The molecule has 3 heterocycles. The number of anilines is 3. The van der Waals surface area contributed by atoms with Crippen molar-refractivity contribution in [3.63, 3.8) is 0 Å². The average Bonchev–Trinajstić information content (AvgIpc) is 3.56. The number of ether oxygens (including phenoxy) is 3. The minimum absolute atomic E-state index is 0.00276. The zero-order chi connectivity index (χ0) is 34.7. The number of amides is 3. The highest BCUT2D eigenvalue weighted by atomic mass is 28.3. The van der Waals surface area contributed by atoms with Crippen molar-refractivity contribution in [3.8, 4) is 5.88 Å². The zero-order valence-corrected chi connectivity index (χ0v) is 29.3. The molecule has 1 aliphatic carbocycles. The first-order chi connectivity index (χ1) is 22.7. The molecular weight excluding hydrogens is 644 g/mol. The maximum Gasteiger partial charge on any atom is 0.415 e. The van der Waals surface area contributed by atoms with Gasteiger partial charge in [0.2, 0.25) is 11.7 Å². The smallest absolute Gasteiger partial charge is 0.415 e. The maximum atomic E-state index is 15.4. The largest absolute Gasteiger partial charge is 0.465 e. The van der Waals surface area contributed by atoms with Gasteiger partial charge in [0.25, 0.3) is 11.8 Å². The van der Waals surface area contributed by atoms with Gasteiger partial charge in [-0.2, -0.15) is 0 Å². The van der Waals surface area contributed by atoms with Crippen LogP contribution in [0.4, 0.5) is 30.9 Å². The summed E-state index contributed by atoms with van der Waals surface area (Å²) < 4.78 is 47.1. The minimum atomic E-state index is -1.39. The quantitative estimate of drug-likeness (QED) is 0.223. The summed E-state index contributed by atoms with van der Waals surface area (Å²) in [6.45, 7) is 9.72. The Morgan fingerprint density at radius 1 is 1.25 bits per heavy atom. The number of carbonyl (C=O) groups is 3. The predicted molar refractivity (Wildman–Crippen MR) is 178 cm³/mol. The zero-order valence-electron chi connectivity index (χ0n) is 28.3. The number of nitrogens with one attached hydrogen (secondary N) is 2. The van der Waals surface area contributed by atoms with Gasteiger partial charge in [0.05, 0.1) is 18.8 Å². The summed E-state index contributed by atoms with van der Waals surface area (Å²) in [5.41, 5.74) is 0.809. The molecule has 1 fully saturated rings. The van der Waals surface area contributed by atoms with Crippen LogP contribution in [0.25, 0.3) is 0 Å². The summed E-state index contributed by atoms with van der Waals surface area (Å²) in [6.07, 6.45) is -0.370. The van der Waals surface area contributed by atoms with Crippen molar-refractivity contribution in [2.75, 3.05) is 68.8 Å². The fourth-order valence-electron chi connectivity index (χ4n) is 5.64. The molecule has 16 heteroatoms. The van der Waals surface area contributed by atoms with Gasteiger partial charge < -0.3 is 24.8 Å². The van der Waals surface area contributed by atoms with E-state index in [1.165, 1.54) is 28.1 Å². The van der Waals surface area contributed by atoms with Gasteiger partial charge >= 0.3 is 6.09 Å². The Bertz CT molecular complexity index is 1530. The summed E-state index contributed by atoms with van der Waals surface area (Å²) >= 11 is 0. The molecule has 0 radical (unpaired) electrons. The van der Waals surface area contributed by atoms with Crippen molar-refractivity contribution in [2.24, 2.45) is 5.92 Å². The Morgan fingerprint density at radius 2 is 2.02 bits per heavy atom. The number of aromatic nitrogens is 2. The number of nitrogens with zero attached hydrogens (tertiary/aromatic N) is 5. The maximum absolute atomic E-state index is 15.4. The number of fused-ring (bicyclic) bond motifs is 2. The number of hydrogen-bond donors (Lipinski definition) is 2. The topological polar surface area (TPSA) is 138 Å². The van der Waals surface area contributed by atoms with E-state index in [1.54, 1.807) is 25.9 Å². The molecule has 5 rings (SSSR count). The molecule has 2 aromatic rings. The van der Waals surface area contributed by atoms with E-state index in [9.17, 15) is 18.8 Å². The number of carbonyl (C=O) groups excluding carboxylic acids is 3. The van der Waals surface area contributed by atoms with Gasteiger partial charge in [0.1, 0.15) is 24.8 Å². The van der Waals surface area contributed by atoms with Crippen molar-refractivity contribution >= 4 is 43.3 Å². The molecule has 3 unspecified atom stereocenters. The second-order valence-electron chi connectivity index (χ2n) is 13.9. The van der Waals surface area contributed by atoms with Crippen LogP contribution in [0.1, 0.15) is 30.6 Å². The first-order valence-corrected chi connectivity index (χ1v) is 19.9. The number of likely N-dealkylation sites (N-methyl/N-ethyl adjacent to an activating group) is 1. The third-order valence-electron chi connectivity index (χ3n) is 8.84. The highest BCUT2D eigenvalue weighted by molar-refractivity contribution is 6.76. The van der Waals surface area contributed by atoms with Crippen LogP contribution in [-0.2, 0) is 25.5 Å². The van der Waals surface area contributed by atoms with Crippen molar-refractivity contribution in [1.29, 1.82) is 0 Å². The van der Waals surface area contributed by atoms with Gasteiger partial charge in [-0.05, 0) is 69.7 Å². The molecule has 2 N–H and O–H groups in total. The van der Waals surface area contributed by atoms with Crippen LogP contribution >= 0.6 is 0 Å². The third kappa shape index (κ3) is 8.27. The van der Waals surface area contributed by atoms with Crippen LogP contribution in [0.3, 0.4) is 0 Å². The van der Waals surface area contributed by atoms with Gasteiger partial charge in [-0.15, -0.1) is 0 Å². The Labute approximate surface area is 280 Å². The molecule has 3 amide bonds. The van der Waals surface area contributed by atoms with Crippen molar-refractivity contribution in [1.82, 2.24) is 20.2 Å². The monoisotopic (exact) mass is 689 g/mol. The van der Waals surface area contributed by atoms with Crippen molar-refractivity contribution in [2.45, 2.75) is 63.8 Å². The van der Waals surface area contributed by atoms with E-state index in [1.807, 2.05) is 0 Å². The number of hydrogen-bond acceptors (Lipinski definition) is 10. The second kappa shape index (κ2) is 14.8. The molecule has 262 valence electrons. The van der Waals surface area contributed by atoms with E-state index in [2.05, 4.69) is 40.2 Å². The van der Waals surface area contributed by atoms with E-state index in [0.29, 0.717) is 31.7 Å². The van der Waals surface area contributed by atoms with Gasteiger partial charge in [-0.25, -0.2) is 23.5 Å². The first-order valence-electron chi connectivity index (χ1n) is 16.2. The number of alkyl halides is 1. The lowest BCUT2D eigenvalue weighted by Gasteiger charge is -2.28. The van der Waals surface area contributed by atoms with Crippen LogP contribution in [0.2, 0.25) is 25.7 Å². The molecule has 2 aliphatic heterocycles. The highest BCUT2D eigenvalue weighted by Crippen LogP contribution is 2.41. The first kappa shape index (κ1) is 35.6. The van der Waals surface area contributed by atoms with E-state index in [4.69, 9.17) is 14.2 Å². The third-order valence-corrected chi connectivity index (χ3v) is 10.5. The number of rotatable bonds is 14. The average molecular weight is 690 g/mol. The van der Waals surface area contributed by atoms with Crippen LogP contribution in [0.5, 0.6) is 5.88 Å². The molecule has 13 nitrogen and oxygen atoms in total. The predicted octanol–water partition coefficient (Wildman–Crippen LogP) is 3.73. The Hall–Kier alpha value is -3.73. The molecule has 1 aromatic heterocycles. The summed E-state index contributed by atoms with van der Waals surface area (Å²) in [5, 5.41) is 5.90. The Balaban J connectivity index is 1.12.